The van der Waals surface area contributed by atoms with Gasteiger partial charge in [-0.1, -0.05) is 15.9 Å². The topological polar surface area (TPSA) is 41.6 Å². The normalized spacial score (nSPS) is 14.5. The maximum atomic E-state index is 11.9. The molecule has 0 bridgehead atoms. The molecule has 4 nitrogen and oxygen atoms in total. The van der Waals surface area contributed by atoms with E-state index in [1.807, 2.05) is 17.0 Å². The molecule has 6 heteroatoms. The number of amides is 1. The number of nitrogens with one attached hydrogen (secondary N) is 1. The van der Waals surface area contributed by atoms with Crippen LogP contribution in [0.25, 0.3) is 0 Å². The number of benzene rings is 1. The van der Waals surface area contributed by atoms with Crippen molar-refractivity contribution in [2.45, 2.75) is 25.8 Å². The van der Waals surface area contributed by atoms with Crippen LogP contribution < -0.4 is 10.1 Å². The summed E-state index contributed by atoms with van der Waals surface area (Å²) in [5.41, 5.74) is 1.06. The average Bonchev–Trinajstić information content (AvgIpc) is 2.97. The molecule has 2 rings (SSSR count). The Balaban J connectivity index is 1.82. The Morgan fingerprint density at radius 3 is 2.71 bits per heavy atom. The van der Waals surface area contributed by atoms with Gasteiger partial charge in [0.15, 0.2) is 0 Å². The van der Waals surface area contributed by atoms with Gasteiger partial charge in [-0.2, -0.15) is 0 Å². The van der Waals surface area contributed by atoms with Gasteiger partial charge in [0.05, 0.1) is 11.6 Å². The molecular weight excluding hydrogens is 400 g/mol. The highest BCUT2D eigenvalue weighted by molar-refractivity contribution is 9.11. The van der Waals surface area contributed by atoms with Crippen LogP contribution in [0.4, 0.5) is 0 Å². The largest absolute Gasteiger partial charge is 0.495 e. The number of likely N-dealkylation sites (tertiary alicyclic amines) is 1. The number of rotatable bonds is 6. The minimum absolute atomic E-state index is 0.252. The number of nitrogens with zero attached hydrogens (tertiary/aromatic N) is 1. The summed E-state index contributed by atoms with van der Waals surface area (Å²) in [4.78, 5) is 13.9. The lowest BCUT2D eigenvalue weighted by Gasteiger charge is -2.16. The summed E-state index contributed by atoms with van der Waals surface area (Å²) in [5.74, 6) is 1.08. The molecule has 0 saturated carbocycles. The lowest BCUT2D eigenvalue weighted by Crippen LogP contribution is -2.30. The van der Waals surface area contributed by atoms with Gasteiger partial charge >= 0.3 is 0 Å². The molecule has 1 amide bonds. The summed E-state index contributed by atoms with van der Waals surface area (Å²) in [7, 11) is 1.66. The molecule has 1 aliphatic rings. The summed E-state index contributed by atoms with van der Waals surface area (Å²) in [5, 5.41) is 3.32. The molecule has 0 radical (unpaired) electrons. The van der Waals surface area contributed by atoms with Crippen LogP contribution in [-0.4, -0.2) is 37.6 Å². The molecule has 1 heterocycles. The first-order valence-electron chi connectivity index (χ1n) is 7.12. The monoisotopic (exact) mass is 418 g/mol. The fraction of sp³-hybridized carbons (Fsp3) is 0.533. The van der Waals surface area contributed by atoms with Gasteiger partial charge in [-0.3, -0.25) is 4.79 Å². The molecule has 1 aromatic rings. The van der Waals surface area contributed by atoms with Crippen LogP contribution >= 0.6 is 31.9 Å². The molecule has 0 aliphatic carbocycles. The van der Waals surface area contributed by atoms with Crippen molar-refractivity contribution >= 4 is 37.8 Å². The van der Waals surface area contributed by atoms with E-state index in [1.165, 1.54) is 0 Å². The van der Waals surface area contributed by atoms with Gasteiger partial charge in [-0.05, 0) is 40.9 Å². The van der Waals surface area contributed by atoms with E-state index in [4.69, 9.17) is 4.74 Å². The number of ether oxygens (including phenoxy) is 1. The van der Waals surface area contributed by atoms with E-state index in [9.17, 15) is 4.79 Å². The van der Waals surface area contributed by atoms with E-state index in [2.05, 4.69) is 37.2 Å². The maximum absolute atomic E-state index is 11.9. The minimum atomic E-state index is 0.252. The van der Waals surface area contributed by atoms with Crippen molar-refractivity contribution in [3.8, 4) is 5.75 Å². The molecule has 1 saturated heterocycles. The molecule has 0 spiro atoms. The standard InChI is InChI=1S/C15H20Br2N2O2/c1-21-15-11(8-12(16)9-13(15)17)10-18-5-4-14(20)19-6-2-3-7-19/h8-9,18H,2-7,10H2,1H3. The number of halogens is 2. The predicted molar refractivity (Wildman–Crippen MR) is 90.5 cm³/mol. The van der Waals surface area contributed by atoms with Crippen molar-refractivity contribution in [1.29, 1.82) is 0 Å². The van der Waals surface area contributed by atoms with Crippen LogP contribution in [0.3, 0.4) is 0 Å². The fourth-order valence-electron chi connectivity index (χ4n) is 2.52. The van der Waals surface area contributed by atoms with Gasteiger partial charge in [0.2, 0.25) is 5.91 Å². The SMILES string of the molecule is COc1c(Br)cc(Br)cc1CNCCC(=O)N1CCCC1. The summed E-state index contributed by atoms with van der Waals surface area (Å²) in [6.07, 6.45) is 2.84. The molecule has 116 valence electrons. The third-order valence-electron chi connectivity index (χ3n) is 3.58. The van der Waals surface area contributed by atoms with Crippen LogP contribution in [0, 0.1) is 0 Å². The molecule has 1 aromatic carbocycles. The highest BCUT2D eigenvalue weighted by Gasteiger charge is 2.17. The quantitative estimate of drug-likeness (QED) is 0.719. The summed E-state index contributed by atoms with van der Waals surface area (Å²) >= 11 is 6.97. The van der Waals surface area contributed by atoms with Crippen molar-refractivity contribution in [3.63, 3.8) is 0 Å². The molecule has 1 fully saturated rings. The summed E-state index contributed by atoms with van der Waals surface area (Å²) in [6.45, 7) is 3.20. The Morgan fingerprint density at radius 1 is 1.33 bits per heavy atom. The van der Waals surface area contributed by atoms with Gasteiger partial charge in [0, 0.05) is 42.6 Å². The van der Waals surface area contributed by atoms with Gasteiger partial charge in [-0.25, -0.2) is 0 Å². The zero-order valence-electron chi connectivity index (χ0n) is 12.1. The second-order valence-corrected chi connectivity index (χ2v) is 6.86. The number of carbonyl (C=O) groups is 1. The fourth-order valence-corrected chi connectivity index (χ4v) is 3.99. The molecule has 1 N–H and O–H groups in total. The second-order valence-electron chi connectivity index (χ2n) is 5.09. The van der Waals surface area contributed by atoms with E-state index < -0.39 is 0 Å². The lowest BCUT2D eigenvalue weighted by molar-refractivity contribution is -0.130. The van der Waals surface area contributed by atoms with Gasteiger partial charge < -0.3 is 15.0 Å². The number of carbonyl (C=O) groups excluding carboxylic acids is 1. The van der Waals surface area contributed by atoms with E-state index >= 15 is 0 Å². The third-order valence-corrected chi connectivity index (χ3v) is 4.63. The Bertz CT molecular complexity index is 503. The van der Waals surface area contributed by atoms with Crippen molar-refractivity contribution in [2.75, 3.05) is 26.7 Å². The highest BCUT2D eigenvalue weighted by Crippen LogP contribution is 2.32. The van der Waals surface area contributed by atoms with Gasteiger partial charge in [-0.15, -0.1) is 0 Å². The molecule has 1 aliphatic heterocycles. The Kier molecular flexibility index (Phi) is 6.51. The van der Waals surface area contributed by atoms with Crippen molar-refractivity contribution in [1.82, 2.24) is 10.2 Å². The van der Waals surface area contributed by atoms with Crippen molar-refractivity contribution in [2.24, 2.45) is 0 Å². The molecule has 21 heavy (non-hydrogen) atoms. The zero-order chi connectivity index (χ0) is 15.2. The van der Waals surface area contributed by atoms with E-state index in [0.717, 1.165) is 46.2 Å². The van der Waals surface area contributed by atoms with Crippen LogP contribution in [0.5, 0.6) is 5.75 Å². The number of hydrogen-bond donors (Lipinski definition) is 1. The predicted octanol–water partition coefficient (Wildman–Crippen LogP) is 3.32. The van der Waals surface area contributed by atoms with Gasteiger partial charge in [0.25, 0.3) is 0 Å². The second kappa shape index (κ2) is 8.15. The Labute approximate surface area is 142 Å². The molecular formula is C15H20Br2N2O2. The molecule has 0 atom stereocenters. The maximum Gasteiger partial charge on any atom is 0.223 e. The lowest BCUT2D eigenvalue weighted by atomic mass is 10.2. The van der Waals surface area contributed by atoms with Crippen LogP contribution in [0.2, 0.25) is 0 Å². The average molecular weight is 420 g/mol. The van der Waals surface area contributed by atoms with E-state index in [0.29, 0.717) is 19.5 Å². The van der Waals surface area contributed by atoms with Crippen LogP contribution in [0.1, 0.15) is 24.8 Å². The molecule has 0 aromatic heterocycles. The first kappa shape index (κ1) is 16.8. The van der Waals surface area contributed by atoms with Crippen molar-refractivity contribution in [3.05, 3.63) is 26.6 Å². The number of methoxy groups -OCH3 is 1. The minimum Gasteiger partial charge on any atom is -0.495 e. The van der Waals surface area contributed by atoms with Crippen LogP contribution in [-0.2, 0) is 11.3 Å². The van der Waals surface area contributed by atoms with Gasteiger partial charge in [0.1, 0.15) is 5.75 Å². The summed E-state index contributed by atoms with van der Waals surface area (Å²) in [6, 6.07) is 3.98. The van der Waals surface area contributed by atoms with Crippen molar-refractivity contribution < 1.29 is 9.53 Å². The van der Waals surface area contributed by atoms with E-state index in [-0.39, 0.29) is 5.91 Å². The van der Waals surface area contributed by atoms with Crippen LogP contribution in [0.15, 0.2) is 21.1 Å². The first-order chi connectivity index (χ1) is 10.1. The first-order valence-corrected chi connectivity index (χ1v) is 8.71. The summed E-state index contributed by atoms with van der Waals surface area (Å²) < 4.78 is 7.33. The van der Waals surface area contributed by atoms with E-state index in [1.54, 1.807) is 7.11 Å². The Morgan fingerprint density at radius 2 is 2.05 bits per heavy atom. The third kappa shape index (κ3) is 4.69. The smallest absolute Gasteiger partial charge is 0.223 e. The Hall–Kier alpha value is -0.590. The molecule has 0 unspecified atom stereocenters. The highest BCUT2D eigenvalue weighted by atomic mass is 79.9. The zero-order valence-corrected chi connectivity index (χ0v) is 15.3. The number of hydrogen-bond acceptors (Lipinski definition) is 3.